The molecular weight excluding hydrogens is 704 g/mol. The number of hydrogen-bond acceptors (Lipinski definition) is 12. The minimum Gasteiger partial charge on any atom is -0.481 e. The van der Waals surface area contributed by atoms with Crippen molar-refractivity contribution in [1.82, 2.24) is 14.9 Å². The number of aliphatic carboxylic acids is 3. The lowest BCUT2D eigenvalue weighted by molar-refractivity contribution is -0.170. The molecule has 50 heavy (non-hydrogen) atoms. The lowest BCUT2D eigenvalue weighted by Crippen LogP contribution is -2.49. The maximum atomic E-state index is 13.1. The van der Waals surface area contributed by atoms with E-state index in [1.807, 2.05) is 17.0 Å². The Morgan fingerprint density at radius 1 is 0.940 bits per heavy atom. The Hall–Kier alpha value is -4.99. The predicted molar refractivity (Wildman–Crippen MR) is 182 cm³/mol. The molecule has 0 spiro atoms. The second-order valence-electron chi connectivity index (χ2n) is 11.5. The fraction of sp³-hybridized carbons (Fsp3) is 0.414. The molecule has 1 aliphatic rings. The largest absolute Gasteiger partial charge is 0.481 e. The summed E-state index contributed by atoms with van der Waals surface area (Å²) in [6, 6.07) is 11.2. The van der Waals surface area contributed by atoms with Gasteiger partial charge >= 0.3 is 17.9 Å². The second-order valence-corrected chi connectivity index (χ2v) is 14.7. The average molecular weight is 745 g/mol. The number of hydrogen-bond donors (Lipinski definition) is 8. The molecule has 1 aromatic carbocycles. The minimum atomic E-state index is -3.67. The molecule has 1 saturated heterocycles. The number of carboxylic acid groups (broad SMARTS) is 3. The highest BCUT2D eigenvalue weighted by molar-refractivity contribution is 7.92. The van der Waals surface area contributed by atoms with Crippen LogP contribution >= 0.6 is 0 Å². The standard InChI is InChI=1S/C22H28N6O3S.C6H8O7.CH4O3S/c1-15(2)24-19-5-4-8-23-21(19)27-9-11-28(12-10-27)22(29)20-14-16-13-17(26-32(3,30)31)6-7-18(16)25-20;7-3(8)1-6(13,5(11)12)2-4(9)10;1-5(2,3)4/h4-8,13-15,24-26H,9-12H2,1-3H3;13H,1-2H2,(H,7,8)(H,9,10)(H,11,12);1H3,(H,2,3,4). The number of piperazine rings is 1. The van der Waals surface area contributed by atoms with Crippen LogP contribution < -0.4 is 14.9 Å². The highest BCUT2D eigenvalue weighted by atomic mass is 32.2. The number of carbonyl (C=O) groups excluding carboxylic acids is 1. The van der Waals surface area contributed by atoms with Crippen molar-refractivity contribution in [2.45, 2.75) is 38.3 Å². The SMILES string of the molecule is CC(C)Nc1cccnc1N1CCN(C(=O)c2cc3cc(NS(C)(=O)=O)ccc3[nH]2)CC1.CS(=O)(=O)O.O=C(O)CC(O)(CC(=O)O)C(=O)O. The Bertz CT molecular complexity index is 1880. The molecule has 276 valence electrons. The van der Waals surface area contributed by atoms with Crippen LogP contribution in [0.4, 0.5) is 17.2 Å². The molecule has 21 heteroatoms. The van der Waals surface area contributed by atoms with Gasteiger partial charge in [-0.1, -0.05) is 0 Å². The zero-order valence-corrected chi connectivity index (χ0v) is 29.2. The number of aromatic amines is 1. The molecule has 0 unspecified atom stereocenters. The molecule has 1 amide bonds. The average Bonchev–Trinajstić information content (AvgIpc) is 3.38. The van der Waals surface area contributed by atoms with E-state index < -0.39 is 56.5 Å². The number of amides is 1. The summed E-state index contributed by atoms with van der Waals surface area (Å²) < 4.78 is 51.3. The number of benzene rings is 1. The van der Waals surface area contributed by atoms with Crippen molar-refractivity contribution in [1.29, 1.82) is 0 Å². The van der Waals surface area contributed by atoms with Gasteiger partial charge in [0.25, 0.3) is 16.0 Å². The number of carbonyl (C=O) groups is 4. The van der Waals surface area contributed by atoms with Gasteiger partial charge in [-0.2, -0.15) is 8.42 Å². The summed E-state index contributed by atoms with van der Waals surface area (Å²) in [5.41, 5.74) is -0.00411. The zero-order chi connectivity index (χ0) is 38.0. The van der Waals surface area contributed by atoms with Gasteiger partial charge in [0.1, 0.15) is 5.69 Å². The van der Waals surface area contributed by atoms with Gasteiger partial charge in [0, 0.05) is 55.0 Å². The minimum absolute atomic E-state index is 0.0694. The van der Waals surface area contributed by atoms with E-state index in [-0.39, 0.29) is 5.91 Å². The number of nitrogens with zero attached hydrogens (tertiary/aromatic N) is 3. The summed E-state index contributed by atoms with van der Waals surface area (Å²) in [6.45, 7) is 6.75. The van der Waals surface area contributed by atoms with Gasteiger partial charge in [-0.15, -0.1) is 0 Å². The van der Waals surface area contributed by atoms with Gasteiger partial charge in [-0.25, -0.2) is 18.2 Å². The first kappa shape index (κ1) is 41.2. The van der Waals surface area contributed by atoms with Crippen LogP contribution in [0.2, 0.25) is 0 Å². The lowest BCUT2D eigenvalue weighted by atomic mass is 9.96. The van der Waals surface area contributed by atoms with Gasteiger partial charge in [0.2, 0.25) is 10.0 Å². The van der Waals surface area contributed by atoms with Crippen LogP contribution in [-0.4, -0.2) is 131 Å². The zero-order valence-electron chi connectivity index (χ0n) is 27.5. The number of nitrogens with one attached hydrogen (secondary N) is 3. The summed E-state index contributed by atoms with van der Waals surface area (Å²) in [7, 11) is -7.03. The van der Waals surface area contributed by atoms with Gasteiger partial charge in [-0.05, 0) is 50.2 Å². The molecule has 2 aromatic heterocycles. The normalized spacial score (nSPS) is 13.4. The molecule has 1 aliphatic heterocycles. The monoisotopic (exact) mass is 744 g/mol. The first-order chi connectivity index (χ1) is 23.0. The molecule has 0 saturated carbocycles. The van der Waals surface area contributed by atoms with Crippen LogP contribution in [0.1, 0.15) is 37.2 Å². The number of H-pyrrole nitrogens is 1. The second kappa shape index (κ2) is 17.1. The van der Waals surface area contributed by atoms with E-state index in [0.29, 0.717) is 49.9 Å². The Morgan fingerprint density at radius 2 is 1.50 bits per heavy atom. The Kier molecular flexibility index (Phi) is 14.1. The topological polar surface area (TPSA) is 297 Å². The number of aromatic nitrogens is 2. The van der Waals surface area contributed by atoms with Gasteiger partial charge < -0.3 is 40.5 Å². The molecule has 0 atom stereocenters. The maximum Gasteiger partial charge on any atom is 0.336 e. The molecule has 0 bridgehead atoms. The molecule has 8 N–H and O–H groups in total. The summed E-state index contributed by atoms with van der Waals surface area (Å²) in [6.07, 6.45) is 1.32. The molecular formula is C29H40N6O13S2. The van der Waals surface area contributed by atoms with E-state index in [2.05, 4.69) is 38.8 Å². The molecule has 0 radical (unpaired) electrons. The number of aliphatic hydroxyl groups is 1. The maximum absolute atomic E-state index is 13.1. The quantitative estimate of drug-likeness (QED) is 0.127. The van der Waals surface area contributed by atoms with Crippen molar-refractivity contribution >= 4 is 72.1 Å². The van der Waals surface area contributed by atoms with E-state index in [1.54, 1.807) is 30.5 Å². The van der Waals surface area contributed by atoms with Gasteiger partial charge in [0.05, 0.1) is 31.0 Å². The van der Waals surface area contributed by atoms with E-state index in [0.717, 1.165) is 28.7 Å². The van der Waals surface area contributed by atoms with Crippen molar-refractivity contribution in [3.63, 3.8) is 0 Å². The van der Waals surface area contributed by atoms with Crippen molar-refractivity contribution < 1.29 is 61.0 Å². The van der Waals surface area contributed by atoms with E-state index in [9.17, 15) is 36.0 Å². The fourth-order valence-electron chi connectivity index (χ4n) is 4.60. The summed E-state index contributed by atoms with van der Waals surface area (Å²) in [5, 5.41) is 38.0. The highest BCUT2D eigenvalue weighted by Gasteiger charge is 2.40. The number of fused-ring (bicyclic) bond motifs is 1. The molecule has 1 fully saturated rings. The molecule has 3 aromatic rings. The van der Waals surface area contributed by atoms with Crippen molar-refractivity contribution in [2.24, 2.45) is 0 Å². The van der Waals surface area contributed by atoms with Crippen LogP contribution in [-0.2, 0) is 34.5 Å². The van der Waals surface area contributed by atoms with Crippen molar-refractivity contribution in [3.8, 4) is 0 Å². The first-order valence-electron chi connectivity index (χ1n) is 14.7. The highest BCUT2D eigenvalue weighted by Crippen LogP contribution is 2.26. The molecule has 0 aliphatic carbocycles. The van der Waals surface area contributed by atoms with Gasteiger partial charge in [0.15, 0.2) is 11.4 Å². The Balaban J connectivity index is 0.000000401. The molecule has 3 heterocycles. The van der Waals surface area contributed by atoms with Crippen LogP contribution in [0.15, 0.2) is 42.6 Å². The summed E-state index contributed by atoms with van der Waals surface area (Å²) >= 11 is 0. The molecule has 4 rings (SSSR count). The Labute approximate surface area is 287 Å². The van der Waals surface area contributed by atoms with Crippen molar-refractivity contribution in [2.75, 3.05) is 53.6 Å². The third-order valence-electron chi connectivity index (χ3n) is 6.54. The van der Waals surface area contributed by atoms with Crippen LogP contribution in [0, 0.1) is 0 Å². The first-order valence-corrected chi connectivity index (χ1v) is 18.4. The smallest absolute Gasteiger partial charge is 0.336 e. The van der Waals surface area contributed by atoms with E-state index >= 15 is 0 Å². The Morgan fingerprint density at radius 3 is 1.98 bits per heavy atom. The van der Waals surface area contributed by atoms with E-state index in [1.165, 1.54) is 0 Å². The molecule has 19 nitrogen and oxygen atoms in total. The van der Waals surface area contributed by atoms with Crippen LogP contribution in [0.5, 0.6) is 0 Å². The van der Waals surface area contributed by atoms with Crippen LogP contribution in [0.25, 0.3) is 10.9 Å². The van der Waals surface area contributed by atoms with Crippen molar-refractivity contribution in [3.05, 3.63) is 48.3 Å². The van der Waals surface area contributed by atoms with E-state index in [4.69, 9.17) is 25.0 Å². The number of rotatable bonds is 11. The summed E-state index contributed by atoms with van der Waals surface area (Å²) in [4.78, 5) is 55.3. The third kappa shape index (κ3) is 13.9. The van der Waals surface area contributed by atoms with Crippen LogP contribution in [0.3, 0.4) is 0 Å². The van der Waals surface area contributed by atoms with Gasteiger partial charge in [-0.3, -0.25) is 23.7 Å². The third-order valence-corrected chi connectivity index (χ3v) is 7.14. The predicted octanol–water partition coefficient (Wildman–Crippen LogP) is 0.973. The number of anilines is 3. The number of carboxylic acids is 3. The fourth-order valence-corrected chi connectivity index (χ4v) is 5.16. The lowest BCUT2D eigenvalue weighted by Gasteiger charge is -2.36. The summed E-state index contributed by atoms with van der Waals surface area (Å²) in [5.74, 6) is -4.18. The number of pyridine rings is 1. The number of sulfonamides is 1.